The number of aromatic nitrogens is 3. The van der Waals surface area contributed by atoms with Crippen molar-refractivity contribution in [2.45, 2.75) is 6.04 Å². The zero-order valence-electron chi connectivity index (χ0n) is 11.8. The van der Waals surface area contributed by atoms with Crippen LogP contribution < -0.4 is 10.6 Å². The summed E-state index contributed by atoms with van der Waals surface area (Å²) in [6.45, 7) is -0.554. The molecule has 0 aliphatic heterocycles. The summed E-state index contributed by atoms with van der Waals surface area (Å²) in [5.74, 6) is -0.894. The van der Waals surface area contributed by atoms with Crippen LogP contribution in [0.2, 0.25) is 0 Å². The normalized spacial score (nSPS) is 12.0. The average Bonchev–Trinajstić information content (AvgIpc) is 3.22. The molecule has 9 nitrogen and oxygen atoms in total. The van der Waals surface area contributed by atoms with Gasteiger partial charge in [-0.25, -0.2) is 4.98 Å². The minimum absolute atomic E-state index is 0.196. The summed E-state index contributed by atoms with van der Waals surface area (Å²) in [6, 6.07) is 5.21. The third kappa shape index (κ3) is 3.19. The van der Waals surface area contributed by atoms with Crippen molar-refractivity contribution in [1.82, 2.24) is 20.4 Å². The van der Waals surface area contributed by atoms with Gasteiger partial charge in [0.25, 0.3) is 11.8 Å². The molecule has 3 rings (SSSR count). The van der Waals surface area contributed by atoms with Gasteiger partial charge < -0.3 is 25.2 Å². The number of rotatable bonds is 5. The number of aliphatic hydroxyl groups is 1. The Hall–Kier alpha value is -3.20. The van der Waals surface area contributed by atoms with Gasteiger partial charge >= 0.3 is 0 Å². The second-order valence-corrected chi connectivity index (χ2v) is 4.72. The number of hydrogen-bond acceptors (Lipinski definition) is 6. The minimum atomic E-state index is -1.11. The van der Waals surface area contributed by atoms with E-state index >= 15 is 0 Å². The molecule has 0 saturated carbocycles. The van der Waals surface area contributed by atoms with Gasteiger partial charge in [0.15, 0.2) is 5.82 Å². The summed E-state index contributed by atoms with van der Waals surface area (Å²) in [7, 11) is 0. The molecule has 0 fully saturated rings. The first-order valence-corrected chi connectivity index (χ1v) is 6.73. The predicted molar refractivity (Wildman–Crippen MR) is 79.6 cm³/mol. The molecule has 0 aliphatic rings. The van der Waals surface area contributed by atoms with Crippen LogP contribution in [0.25, 0.3) is 11.0 Å². The first-order chi connectivity index (χ1) is 11.2. The van der Waals surface area contributed by atoms with Crippen molar-refractivity contribution in [3.63, 3.8) is 0 Å². The highest BCUT2D eigenvalue weighted by molar-refractivity contribution is 6.02. The Morgan fingerprint density at radius 3 is 2.96 bits per heavy atom. The van der Waals surface area contributed by atoms with Crippen LogP contribution in [0, 0.1) is 0 Å². The van der Waals surface area contributed by atoms with Crippen LogP contribution >= 0.6 is 0 Å². The van der Waals surface area contributed by atoms with E-state index in [1.54, 1.807) is 18.2 Å². The fourth-order valence-corrected chi connectivity index (χ4v) is 2.00. The number of amides is 2. The highest BCUT2D eigenvalue weighted by Crippen LogP contribution is 2.11. The number of aromatic amines is 1. The van der Waals surface area contributed by atoms with Crippen molar-refractivity contribution in [2.24, 2.45) is 0 Å². The maximum absolute atomic E-state index is 12.2. The van der Waals surface area contributed by atoms with Crippen LogP contribution in [0.5, 0.6) is 0 Å². The van der Waals surface area contributed by atoms with Crippen molar-refractivity contribution in [1.29, 1.82) is 0 Å². The van der Waals surface area contributed by atoms with Gasteiger partial charge in [-0.2, -0.15) is 0 Å². The fourth-order valence-electron chi connectivity index (χ4n) is 2.00. The van der Waals surface area contributed by atoms with Gasteiger partial charge in [0.05, 0.1) is 24.0 Å². The van der Waals surface area contributed by atoms with E-state index in [-0.39, 0.29) is 5.82 Å². The number of imidazole rings is 1. The van der Waals surface area contributed by atoms with Gasteiger partial charge in [0.1, 0.15) is 12.3 Å². The number of hydrogen-bond donors (Lipinski definition) is 4. The molecule has 118 valence electrons. The molecule has 0 radical (unpaired) electrons. The van der Waals surface area contributed by atoms with Crippen molar-refractivity contribution < 1.29 is 19.2 Å². The zero-order chi connectivity index (χ0) is 16.2. The quantitative estimate of drug-likeness (QED) is 0.534. The SMILES string of the molecule is O=C(NC(CO)C(=O)Nc1ccon1)c1ccc2nc[nH]c2c1. The Morgan fingerprint density at radius 2 is 2.22 bits per heavy atom. The van der Waals surface area contributed by atoms with E-state index in [9.17, 15) is 14.7 Å². The Bertz CT molecular complexity index is 827. The predicted octanol–water partition coefficient (Wildman–Crippen LogP) is 0.280. The average molecular weight is 315 g/mol. The number of carbonyl (C=O) groups excluding carboxylic acids is 2. The highest BCUT2D eigenvalue weighted by Gasteiger charge is 2.21. The third-order valence-corrected chi connectivity index (χ3v) is 3.18. The van der Waals surface area contributed by atoms with Crippen LogP contribution in [0.1, 0.15) is 10.4 Å². The molecule has 4 N–H and O–H groups in total. The zero-order valence-corrected chi connectivity index (χ0v) is 11.8. The van der Waals surface area contributed by atoms with E-state index in [2.05, 4.69) is 30.3 Å². The lowest BCUT2D eigenvalue weighted by molar-refractivity contribution is -0.118. The molecular weight excluding hydrogens is 302 g/mol. The van der Waals surface area contributed by atoms with Gasteiger partial charge in [-0.3, -0.25) is 9.59 Å². The molecule has 1 unspecified atom stereocenters. The fraction of sp³-hybridized carbons (Fsp3) is 0.143. The van der Waals surface area contributed by atoms with E-state index in [4.69, 9.17) is 0 Å². The molecule has 0 spiro atoms. The Morgan fingerprint density at radius 1 is 1.35 bits per heavy atom. The minimum Gasteiger partial charge on any atom is -0.394 e. The standard InChI is InChI=1S/C14H13N5O4/c20-6-11(14(22)18-12-3-4-23-19-12)17-13(21)8-1-2-9-10(5-8)16-7-15-9/h1-5,7,11,20H,6H2,(H,15,16)(H,17,21)(H,18,19,22). The highest BCUT2D eigenvalue weighted by atomic mass is 16.5. The smallest absolute Gasteiger partial charge is 0.252 e. The molecular formula is C14H13N5O4. The van der Waals surface area contributed by atoms with Gasteiger partial charge in [-0.15, -0.1) is 0 Å². The van der Waals surface area contributed by atoms with E-state index < -0.39 is 24.5 Å². The lowest BCUT2D eigenvalue weighted by atomic mass is 10.1. The van der Waals surface area contributed by atoms with Gasteiger partial charge in [-0.1, -0.05) is 5.16 Å². The second-order valence-electron chi connectivity index (χ2n) is 4.72. The Balaban J connectivity index is 1.70. The number of carbonyl (C=O) groups is 2. The number of H-pyrrole nitrogens is 1. The maximum Gasteiger partial charge on any atom is 0.252 e. The first kappa shape index (κ1) is 14.7. The maximum atomic E-state index is 12.2. The molecule has 3 aromatic rings. The van der Waals surface area contributed by atoms with Crippen molar-refractivity contribution in [3.8, 4) is 0 Å². The van der Waals surface area contributed by atoms with E-state index in [0.29, 0.717) is 11.1 Å². The first-order valence-electron chi connectivity index (χ1n) is 6.73. The number of nitrogens with zero attached hydrogens (tertiary/aromatic N) is 2. The number of fused-ring (bicyclic) bond motifs is 1. The molecule has 0 aliphatic carbocycles. The number of nitrogens with one attached hydrogen (secondary N) is 3. The van der Waals surface area contributed by atoms with Gasteiger partial charge in [-0.05, 0) is 18.2 Å². The molecule has 23 heavy (non-hydrogen) atoms. The van der Waals surface area contributed by atoms with E-state index in [1.807, 2.05) is 0 Å². The molecule has 1 aromatic carbocycles. The monoisotopic (exact) mass is 315 g/mol. The van der Waals surface area contributed by atoms with Crippen LogP contribution in [-0.4, -0.2) is 44.7 Å². The number of benzene rings is 1. The van der Waals surface area contributed by atoms with Crippen LogP contribution in [0.3, 0.4) is 0 Å². The van der Waals surface area contributed by atoms with Gasteiger partial charge in [0, 0.05) is 11.6 Å². The molecule has 9 heteroatoms. The third-order valence-electron chi connectivity index (χ3n) is 3.18. The topological polar surface area (TPSA) is 133 Å². The summed E-state index contributed by atoms with van der Waals surface area (Å²) >= 11 is 0. The van der Waals surface area contributed by atoms with Gasteiger partial charge in [0.2, 0.25) is 0 Å². The Kier molecular flexibility index (Phi) is 4.02. The number of aliphatic hydroxyl groups excluding tert-OH is 1. The summed E-state index contributed by atoms with van der Waals surface area (Å²) in [4.78, 5) is 31.2. The molecule has 1 atom stereocenters. The van der Waals surface area contributed by atoms with E-state index in [0.717, 1.165) is 5.52 Å². The summed E-state index contributed by atoms with van der Waals surface area (Å²) in [5.41, 5.74) is 1.77. The molecule has 2 amide bonds. The summed E-state index contributed by atoms with van der Waals surface area (Å²) in [5, 5.41) is 17.7. The van der Waals surface area contributed by atoms with Crippen LogP contribution in [-0.2, 0) is 4.79 Å². The number of anilines is 1. The molecule has 2 aromatic heterocycles. The molecule has 0 bridgehead atoms. The van der Waals surface area contributed by atoms with Crippen LogP contribution in [0.15, 0.2) is 41.4 Å². The lowest BCUT2D eigenvalue weighted by Crippen LogP contribution is -2.46. The Labute approximate surface area is 129 Å². The molecule has 2 heterocycles. The van der Waals surface area contributed by atoms with E-state index in [1.165, 1.54) is 18.7 Å². The van der Waals surface area contributed by atoms with Crippen molar-refractivity contribution in [3.05, 3.63) is 42.4 Å². The molecule has 0 saturated heterocycles. The summed E-state index contributed by atoms with van der Waals surface area (Å²) < 4.78 is 4.59. The van der Waals surface area contributed by atoms with Crippen molar-refractivity contribution >= 4 is 28.7 Å². The van der Waals surface area contributed by atoms with Crippen molar-refractivity contribution in [2.75, 3.05) is 11.9 Å². The second kappa shape index (κ2) is 6.28. The lowest BCUT2D eigenvalue weighted by Gasteiger charge is -2.15. The largest absolute Gasteiger partial charge is 0.394 e. The summed E-state index contributed by atoms with van der Waals surface area (Å²) in [6.07, 6.45) is 2.82. The van der Waals surface area contributed by atoms with Crippen LogP contribution in [0.4, 0.5) is 5.82 Å².